The van der Waals surface area contributed by atoms with Crippen molar-refractivity contribution in [3.63, 3.8) is 0 Å². The van der Waals surface area contributed by atoms with E-state index in [-0.39, 0.29) is 5.91 Å². The number of pyridine rings is 1. The van der Waals surface area contributed by atoms with Crippen molar-refractivity contribution in [2.24, 2.45) is 0 Å². The van der Waals surface area contributed by atoms with E-state index in [0.29, 0.717) is 42.8 Å². The number of H-pyrrole nitrogens is 1. The second-order valence-electron chi connectivity index (χ2n) is 6.51. The number of nitrogens with zero attached hydrogens (tertiary/aromatic N) is 3. The van der Waals surface area contributed by atoms with Crippen LogP contribution in [0.1, 0.15) is 17.3 Å². The van der Waals surface area contributed by atoms with Gasteiger partial charge >= 0.3 is 0 Å². The van der Waals surface area contributed by atoms with E-state index in [4.69, 9.17) is 16.3 Å². The lowest BCUT2D eigenvalue weighted by Crippen LogP contribution is -2.43. The highest BCUT2D eigenvalue weighted by atomic mass is 35.5. The first-order valence-corrected chi connectivity index (χ1v) is 9.19. The number of carbonyl (C=O) groups excluding carboxylic acids is 1. The van der Waals surface area contributed by atoms with Crippen LogP contribution < -0.4 is 5.32 Å². The molecule has 1 saturated heterocycles. The van der Waals surface area contributed by atoms with Gasteiger partial charge in [-0.15, -0.1) is 0 Å². The highest BCUT2D eigenvalue weighted by molar-refractivity contribution is 6.30. The van der Waals surface area contributed by atoms with Crippen LogP contribution in [0.2, 0.25) is 5.02 Å². The van der Waals surface area contributed by atoms with Crippen molar-refractivity contribution in [3.8, 4) is 0 Å². The minimum Gasteiger partial charge on any atom is -0.379 e. The van der Waals surface area contributed by atoms with E-state index in [1.54, 1.807) is 12.1 Å². The molecule has 8 heteroatoms. The molecule has 1 atom stereocenters. The van der Waals surface area contributed by atoms with Crippen LogP contribution in [0.3, 0.4) is 0 Å². The molecule has 0 saturated carbocycles. The highest BCUT2D eigenvalue weighted by Crippen LogP contribution is 2.26. The quantitative estimate of drug-likeness (QED) is 0.721. The number of rotatable bonds is 4. The molecule has 4 rings (SSSR count). The maximum absolute atomic E-state index is 13.2. The standard InChI is InChI=1S/C19H20ClN5O2/c1-12-2-7-15-17(21-12)23-24-18(15)22-19(26)16(25-8-10-27-11-9-25)13-3-5-14(20)6-4-13/h2-7,16H,8-11H2,1H3,(H2,21,22,23,24,26)/t16-/m1/s1. The molecule has 7 nitrogen and oxygen atoms in total. The van der Waals surface area contributed by atoms with Crippen LogP contribution in [0.25, 0.3) is 11.0 Å². The molecule has 3 heterocycles. The van der Waals surface area contributed by atoms with Gasteiger partial charge in [0.15, 0.2) is 11.5 Å². The molecule has 1 aromatic carbocycles. The monoisotopic (exact) mass is 385 g/mol. The fraction of sp³-hybridized carbons (Fsp3) is 0.316. The second kappa shape index (κ2) is 7.64. The molecule has 1 amide bonds. The van der Waals surface area contributed by atoms with Gasteiger partial charge in [0.05, 0.1) is 18.6 Å². The first-order valence-electron chi connectivity index (χ1n) is 8.81. The summed E-state index contributed by atoms with van der Waals surface area (Å²) in [4.78, 5) is 19.7. The summed E-state index contributed by atoms with van der Waals surface area (Å²) in [5.41, 5.74) is 2.42. The van der Waals surface area contributed by atoms with Crippen LogP contribution in [0.4, 0.5) is 5.82 Å². The van der Waals surface area contributed by atoms with Crippen LogP contribution in [-0.4, -0.2) is 52.3 Å². The van der Waals surface area contributed by atoms with Gasteiger partial charge in [-0.25, -0.2) is 4.98 Å². The zero-order valence-electron chi connectivity index (χ0n) is 14.9. The van der Waals surface area contributed by atoms with Crippen molar-refractivity contribution >= 4 is 34.4 Å². The van der Waals surface area contributed by atoms with E-state index in [1.165, 1.54) is 0 Å². The number of aromatic amines is 1. The van der Waals surface area contributed by atoms with Crippen LogP contribution in [0.5, 0.6) is 0 Å². The van der Waals surface area contributed by atoms with Gasteiger partial charge in [0.2, 0.25) is 5.91 Å². The summed E-state index contributed by atoms with van der Waals surface area (Å²) in [6.07, 6.45) is 0. The first kappa shape index (κ1) is 17.9. The number of nitrogens with one attached hydrogen (secondary N) is 2. The molecule has 1 aliphatic rings. The number of ether oxygens (including phenoxy) is 1. The topological polar surface area (TPSA) is 83.1 Å². The lowest BCUT2D eigenvalue weighted by Gasteiger charge is -2.33. The molecule has 0 spiro atoms. The number of fused-ring (bicyclic) bond motifs is 1. The Bertz CT molecular complexity index is 950. The number of hydrogen-bond acceptors (Lipinski definition) is 5. The number of aromatic nitrogens is 3. The second-order valence-corrected chi connectivity index (χ2v) is 6.95. The van der Waals surface area contributed by atoms with Crippen LogP contribution in [-0.2, 0) is 9.53 Å². The molecule has 27 heavy (non-hydrogen) atoms. The van der Waals surface area contributed by atoms with Gasteiger partial charge in [-0.3, -0.25) is 14.8 Å². The normalized spacial score (nSPS) is 16.4. The lowest BCUT2D eigenvalue weighted by atomic mass is 10.0. The fourth-order valence-electron chi connectivity index (χ4n) is 3.29. The van der Waals surface area contributed by atoms with Crippen molar-refractivity contribution in [3.05, 3.63) is 52.7 Å². The molecular formula is C19H20ClN5O2. The molecule has 140 valence electrons. The Morgan fingerprint density at radius 3 is 2.70 bits per heavy atom. The molecule has 1 fully saturated rings. The Morgan fingerprint density at radius 1 is 1.22 bits per heavy atom. The van der Waals surface area contributed by atoms with Gasteiger partial charge in [-0.1, -0.05) is 23.7 Å². The van der Waals surface area contributed by atoms with Crippen LogP contribution in [0, 0.1) is 6.92 Å². The number of morpholine rings is 1. The summed E-state index contributed by atoms with van der Waals surface area (Å²) in [5, 5.41) is 11.5. The van der Waals surface area contributed by atoms with Gasteiger partial charge in [-0.05, 0) is 36.8 Å². The number of halogens is 1. The smallest absolute Gasteiger partial charge is 0.247 e. The molecule has 3 aromatic rings. The Labute approximate surface area is 161 Å². The van der Waals surface area contributed by atoms with E-state index in [1.807, 2.05) is 31.2 Å². The number of amides is 1. The summed E-state index contributed by atoms with van der Waals surface area (Å²) in [5.74, 6) is 0.336. The Kier molecular flexibility index (Phi) is 5.07. The van der Waals surface area contributed by atoms with E-state index < -0.39 is 6.04 Å². The number of anilines is 1. The predicted molar refractivity (Wildman–Crippen MR) is 104 cm³/mol. The first-order chi connectivity index (χ1) is 13.1. The summed E-state index contributed by atoms with van der Waals surface area (Å²) in [7, 11) is 0. The molecule has 2 aromatic heterocycles. The van der Waals surface area contributed by atoms with E-state index in [0.717, 1.165) is 16.6 Å². The molecule has 0 aliphatic carbocycles. The minimum absolute atomic E-state index is 0.145. The van der Waals surface area contributed by atoms with Gasteiger partial charge < -0.3 is 10.1 Å². The third-order valence-corrected chi connectivity index (χ3v) is 4.90. The lowest BCUT2D eigenvalue weighted by molar-refractivity contribution is -0.123. The van der Waals surface area contributed by atoms with Crippen molar-refractivity contribution in [2.45, 2.75) is 13.0 Å². The van der Waals surface area contributed by atoms with Crippen molar-refractivity contribution in [1.29, 1.82) is 0 Å². The Balaban J connectivity index is 1.64. The number of hydrogen-bond donors (Lipinski definition) is 2. The largest absolute Gasteiger partial charge is 0.379 e. The highest BCUT2D eigenvalue weighted by Gasteiger charge is 2.30. The van der Waals surface area contributed by atoms with Gasteiger partial charge in [-0.2, -0.15) is 5.10 Å². The van der Waals surface area contributed by atoms with E-state index in [9.17, 15) is 4.79 Å². The summed E-state index contributed by atoms with van der Waals surface area (Å²) < 4.78 is 5.44. The van der Waals surface area contributed by atoms with Crippen LogP contribution >= 0.6 is 11.6 Å². The molecule has 0 bridgehead atoms. The SMILES string of the molecule is Cc1ccc2c(NC(=O)[C@@H](c3ccc(Cl)cc3)N3CCOCC3)n[nH]c2n1. The Morgan fingerprint density at radius 2 is 1.96 bits per heavy atom. The van der Waals surface area contributed by atoms with E-state index >= 15 is 0 Å². The third kappa shape index (κ3) is 3.80. The summed E-state index contributed by atoms with van der Waals surface area (Å²) in [6.45, 7) is 4.48. The van der Waals surface area contributed by atoms with Crippen LogP contribution in [0.15, 0.2) is 36.4 Å². The van der Waals surface area contributed by atoms with Crippen molar-refractivity contribution in [2.75, 3.05) is 31.6 Å². The maximum atomic E-state index is 13.2. The zero-order valence-corrected chi connectivity index (χ0v) is 15.7. The molecule has 0 radical (unpaired) electrons. The van der Waals surface area contributed by atoms with Gasteiger partial charge in [0.1, 0.15) is 6.04 Å². The van der Waals surface area contributed by atoms with Gasteiger partial charge in [0, 0.05) is 23.8 Å². The number of benzene rings is 1. The molecule has 0 unspecified atom stereocenters. The van der Waals surface area contributed by atoms with Crippen molar-refractivity contribution < 1.29 is 9.53 Å². The fourth-order valence-corrected chi connectivity index (χ4v) is 3.42. The summed E-state index contributed by atoms with van der Waals surface area (Å²) >= 11 is 6.02. The average Bonchev–Trinajstić information content (AvgIpc) is 3.06. The number of carbonyl (C=O) groups is 1. The number of aryl methyl sites for hydroxylation is 1. The predicted octanol–water partition coefficient (Wildman–Crippen LogP) is 2.93. The maximum Gasteiger partial charge on any atom is 0.247 e. The molecular weight excluding hydrogens is 366 g/mol. The van der Waals surface area contributed by atoms with Crippen molar-refractivity contribution in [1.82, 2.24) is 20.1 Å². The minimum atomic E-state index is -0.448. The third-order valence-electron chi connectivity index (χ3n) is 4.65. The Hall–Kier alpha value is -2.48. The van der Waals surface area contributed by atoms with Gasteiger partial charge in [0.25, 0.3) is 0 Å². The molecule has 2 N–H and O–H groups in total. The zero-order chi connectivity index (χ0) is 18.8. The summed E-state index contributed by atoms with van der Waals surface area (Å²) in [6, 6.07) is 10.7. The average molecular weight is 386 g/mol. The van der Waals surface area contributed by atoms with E-state index in [2.05, 4.69) is 25.4 Å². The molecule has 1 aliphatic heterocycles.